The monoisotopic (exact) mass is 400 g/mol. The molecular formula is C17H13F5N4O2. The van der Waals surface area contributed by atoms with Crippen molar-refractivity contribution in [2.75, 3.05) is 0 Å². The zero-order chi connectivity index (χ0) is 20.5. The number of tetrazole rings is 1. The van der Waals surface area contributed by atoms with E-state index in [2.05, 4.69) is 10.4 Å². The molecule has 11 heteroatoms. The number of nitrogens with zero attached hydrogens (tertiary/aromatic N) is 4. The van der Waals surface area contributed by atoms with E-state index in [1.165, 1.54) is 31.3 Å². The zero-order valence-electron chi connectivity index (χ0n) is 14.3. The first-order valence-corrected chi connectivity index (χ1v) is 7.88. The molecule has 2 aromatic carbocycles. The molecule has 0 spiro atoms. The molecule has 148 valence electrons. The van der Waals surface area contributed by atoms with E-state index in [-0.39, 0.29) is 11.4 Å². The van der Waals surface area contributed by atoms with Crippen molar-refractivity contribution < 1.29 is 26.7 Å². The number of halogens is 5. The Morgan fingerprint density at radius 2 is 1.79 bits per heavy atom. The third-order valence-electron chi connectivity index (χ3n) is 3.93. The second-order valence-electron chi connectivity index (χ2n) is 5.73. The minimum absolute atomic E-state index is 0.206. The average molecular weight is 400 g/mol. The van der Waals surface area contributed by atoms with Crippen molar-refractivity contribution in [2.45, 2.75) is 19.2 Å². The Labute approximate surface area is 154 Å². The summed E-state index contributed by atoms with van der Waals surface area (Å²) in [6.07, 6.45) is -7.63. The molecular weight excluding hydrogens is 387 g/mol. The lowest BCUT2D eigenvalue weighted by Gasteiger charge is -2.17. The standard InChI is InChI=1S/C17H13F5N4O2/c1-25-16(27)26(24-23-25)13-7-4-6-12(17(20,21)22)11(13)9-28-14-8-3-2-5-10(14)15(18)19/h2-8,15H,9H2,1H3. The van der Waals surface area contributed by atoms with Crippen molar-refractivity contribution in [3.8, 4) is 11.4 Å². The summed E-state index contributed by atoms with van der Waals surface area (Å²) in [5, 5.41) is 7.02. The van der Waals surface area contributed by atoms with Crippen LogP contribution in [0.4, 0.5) is 22.0 Å². The number of hydrogen-bond donors (Lipinski definition) is 0. The van der Waals surface area contributed by atoms with Crippen molar-refractivity contribution in [2.24, 2.45) is 7.05 Å². The van der Waals surface area contributed by atoms with E-state index in [1.54, 1.807) is 0 Å². The summed E-state index contributed by atoms with van der Waals surface area (Å²) >= 11 is 0. The molecule has 0 unspecified atom stereocenters. The molecule has 0 fully saturated rings. The highest BCUT2D eigenvalue weighted by atomic mass is 19.4. The van der Waals surface area contributed by atoms with Gasteiger partial charge in [0.2, 0.25) is 0 Å². The quantitative estimate of drug-likeness (QED) is 0.615. The highest BCUT2D eigenvalue weighted by Crippen LogP contribution is 2.36. The fourth-order valence-electron chi connectivity index (χ4n) is 2.60. The van der Waals surface area contributed by atoms with Crippen LogP contribution in [0.15, 0.2) is 47.3 Å². The minimum Gasteiger partial charge on any atom is -0.488 e. The lowest BCUT2D eigenvalue weighted by molar-refractivity contribution is -0.138. The Hall–Kier alpha value is -3.24. The van der Waals surface area contributed by atoms with E-state index in [1.807, 2.05) is 0 Å². The third-order valence-corrected chi connectivity index (χ3v) is 3.93. The molecule has 1 aromatic heterocycles. The van der Waals surface area contributed by atoms with Crippen molar-refractivity contribution in [3.63, 3.8) is 0 Å². The van der Waals surface area contributed by atoms with Crippen molar-refractivity contribution in [3.05, 3.63) is 69.6 Å². The zero-order valence-corrected chi connectivity index (χ0v) is 14.3. The summed E-state index contributed by atoms with van der Waals surface area (Å²) in [6, 6.07) is 8.28. The number of ether oxygens (including phenoxy) is 1. The van der Waals surface area contributed by atoms with Gasteiger partial charge in [0.05, 0.1) is 16.8 Å². The molecule has 3 aromatic rings. The number of aryl methyl sites for hydroxylation is 1. The van der Waals surface area contributed by atoms with Crippen LogP contribution in [0.25, 0.3) is 5.69 Å². The largest absolute Gasteiger partial charge is 0.488 e. The SMILES string of the molecule is Cn1nnn(-c2cccc(C(F)(F)F)c2COc2ccccc2C(F)F)c1=O. The fraction of sp³-hybridized carbons (Fsp3) is 0.235. The molecule has 0 aliphatic rings. The van der Waals surface area contributed by atoms with Crippen LogP contribution in [-0.2, 0) is 19.8 Å². The summed E-state index contributed by atoms with van der Waals surface area (Å²) < 4.78 is 73.4. The minimum atomic E-state index is -4.76. The molecule has 0 aliphatic heterocycles. The predicted molar refractivity (Wildman–Crippen MR) is 87.3 cm³/mol. The van der Waals surface area contributed by atoms with Gasteiger partial charge < -0.3 is 4.74 Å². The maximum absolute atomic E-state index is 13.5. The highest BCUT2D eigenvalue weighted by molar-refractivity contribution is 5.47. The van der Waals surface area contributed by atoms with Crippen molar-refractivity contribution in [1.82, 2.24) is 19.8 Å². The Kier molecular flexibility index (Phi) is 5.16. The van der Waals surface area contributed by atoms with Crippen molar-refractivity contribution in [1.29, 1.82) is 0 Å². The van der Waals surface area contributed by atoms with E-state index < -0.39 is 41.6 Å². The Bertz CT molecular complexity index is 1040. The lowest BCUT2D eigenvalue weighted by Crippen LogP contribution is -2.24. The molecule has 0 saturated carbocycles. The molecule has 3 rings (SSSR count). The van der Waals surface area contributed by atoms with Gasteiger partial charge in [0.25, 0.3) is 6.43 Å². The number of hydrogen-bond acceptors (Lipinski definition) is 4. The Morgan fingerprint density at radius 3 is 2.39 bits per heavy atom. The second kappa shape index (κ2) is 7.41. The van der Waals surface area contributed by atoms with E-state index in [9.17, 15) is 26.7 Å². The van der Waals surface area contributed by atoms with Crippen LogP contribution in [0.5, 0.6) is 5.75 Å². The van der Waals surface area contributed by atoms with Crippen LogP contribution < -0.4 is 10.4 Å². The van der Waals surface area contributed by atoms with Gasteiger partial charge >= 0.3 is 11.9 Å². The number of para-hydroxylation sites is 1. The van der Waals surface area contributed by atoms with E-state index >= 15 is 0 Å². The molecule has 0 atom stereocenters. The van der Waals surface area contributed by atoms with Gasteiger partial charge in [0, 0.05) is 12.6 Å². The molecule has 0 bridgehead atoms. The van der Waals surface area contributed by atoms with E-state index in [0.29, 0.717) is 4.68 Å². The number of alkyl halides is 5. The van der Waals surface area contributed by atoms with Gasteiger partial charge in [-0.2, -0.15) is 22.5 Å². The van der Waals surface area contributed by atoms with Gasteiger partial charge in [-0.25, -0.2) is 13.6 Å². The first-order chi connectivity index (χ1) is 13.2. The van der Waals surface area contributed by atoms with Crippen LogP contribution in [0, 0.1) is 0 Å². The number of rotatable bonds is 5. The van der Waals surface area contributed by atoms with Gasteiger partial charge in [-0.05, 0) is 34.7 Å². The summed E-state index contributed by atoms with van der Waals surface area (Å²) in [7, 11) is 1.29. The van der Waals surface area contributed by atoms with Gasteiger partial charge in [0.15, 0.2) is 0 Å². The highest BCUT2D eigenvalue weighted by Gasteiger charge is 2.35. The topological polar surface area (TPSA) is 61.9 Å². The summed E-state index contributed by atoms with van der Waals surface area (Å²) in [4.78, 5) is 12.1. The summed E-state index contributed by atoms with van der Waals surface area (Å²) in [5.41, 5.74) is -2.93. The first kappa shape index (κ1) is 19.5. The third kappa shape index (κ3) is 3.73. The summed E-state index contributed by atoms with van der Waals surface area (Å²) in [5.74, 6) is -0.257. The van der Waals surface area contributed by atoms with E-state index in [4.69, 9.17) is 4.74 Å². The lowest BCUT2D eigenvalue weighted by atomic mass is 10.1. The van der Waals surface area contributed by atoms with Gasteiger partial charge in [-0.3, -0.25) is 0 Å². The maximum Gasteiger partial charge on any atom is 0.416 e. The molecule has 0 saturated heterocycles. The Morgan fingerprint density at radius 1 is 1.07 bits per heavy atom. The first-order valence-electron chi connectivity index (χ1n) is 7.88. The summed E-state index contributed by atoms with van der Waals surface area (Å²) in [6.45, 7) is -0.711. The molecule has 0 aliphatic carbocycles. The van der Waals surface area contributed by atoms with Crippen LogP contribution in [0.3, 0.4) is 0 Å². The number of benzene rings is 2. The fourth-order valence-corrected chi connectivity index (χ4v) is 2.60. The van der Waals surface area contributed by atoms with Gasteiger partial charge in [0.1, 0.15) is 12.4 Å². The molecule has 1 heterocycles. The van der Waals surface area contributed by atoms with E-state index in [0.717, 1.165) is 22.9 Å². The van der Waals surface area contributed by atoms with Gasteiger partial charge in [-0.15, -0.1) is 0 Å². The van der Waals surface area contributed by atoms with Gasteiger partial charge in [-0.1, -0.05) is 18.2 Å². The van der Waals surface area contributed by atoms with Crippen LogP contribution in [-0.4, -0.2) is 19.8 Å². The molecule has 0 N–H and O–H groups in total. The smallest absolute Gasteiger partial charge is 0.416 e. The maximum atomic E-state index is 13.5. The van der Waals surface area contributed by atoms with Crippen LogP contribution in [0.1, 0.15) is 23.1 Å². The Balaban J connectivity index is 2.09. The molecule has 6 nitrogen and oxygen atoms in total. The second-order valence-corrected chi connectivity index (χ2v) is 5.73. The average Bonchev–Trinajstić information content (AvgIpc) is 2.98. The van der Waals surface area contributed by atoms with Crippen molar-refractivity contribution >= 4 is 0 Å². The predicted octanol–water partition coefficient (Wildman–Crippen LogP) is 3.50. The molecule has 0 amide bonds. The van der Waals surface area contributed by atoms with Crippen LogP contribution >= 0.6 is 0 Å². The number of aromatic nitrogens is 4. The normalized spacial score (nSPS) is 11.8. The molecule has 0 radical (unpaired) electrons. The molecule has 28 heavy (non-hydrogen) atoms. The van der Waals surface area contributed by atoms with Crippen LogP contribution in [0.2, 0.25) is 0 Å².